The fraction of sp³-hybridized carbons (Fsp3) is 0.538. The lowest BCUT2D eigenvalue weighted by Crippen LogP contribution is -2.43. The van der Waals surface area contributed by atoms with Crippen LogP contribution in [-0.4, -0.2) is 52.1 Å². The predicted molar refractivity (Wildman–Crippen MR) is 129 cm³/mol. The number of aromatic nitrogens is 2. The quantitative estimate of drug-likeness (QED) is 0.498. The average molecular weight is 465 g/mol. The molecule has 33 heavy (non-hydrogen) atoms. The molecule has 1 aliphatic heterocycles. The Hall–Kier alpha value is -2.41. The second-order valence-corrected chi connectivity index (χ2v) is 10.8. The van der Waals surface area contributed by atoms with Gasteiger partial charge in [0, 0.05) is 43.4 Å². The SMILES string of the molecule is O=C(NCC1(c2ccccc2)CCCC1)C1CC12CCN(C(=O)CSc1ncccn1)CC2. The average Bonchev–Trinajstić information content (AvgIpc) is 3.34. The van der Waals surface area contributed by atoms with Gasteiger partial charge in [-0.3, -0.25) is 9.59 Å². The van der Waals surface area contributed by atoms with Crippen molar-refractivity contribution in [1.82, 2.24) is 20.2 Å². The number of hydrogen-bond acceptors (Lipinski definition) is 5. The number of likely N-dealkylation sites (tertiary alicyclic amines) is 1. The molecule has 3 fully saturated rings. The van der Waals surface area contributed by atoms with Crippen LogP contribution < -0.4 is 5.32 Å². The Morgan fingerprint density at radius 2 is 1.70 bits per heavy atom. The highest BCUT2D eigenvalue weighted by Crippen LogP contribution is 2.59. The number of amides is 2. The van der Waals surface area contributed by atoms with E-state index in [4.69, 9.17) is 0 Å². The molecule has 0 bridgehead atoms. The summed E-state index contributed by atoms with van der Waals surface area (Å²) >= 11 is 1.38. The van der Waals surface area contributed by atoms with Crippen LogP contribution in [0.4, 0.5) is 0 Å². The Bertz CT molecular complexity index is 970. The molecule has 0 radical (unpaired) electrons. The van der Waals surface area contributed by atoms with Gasteiger partial charge in [-0.15, -0.1) is 0 Å². The minimum absolute atomic E-state index is 0.0922. The molecular formula is C26H32N4O2S. The second kappa shape index (κ2) is 9.45. The lowest BCUT2D eigenvalue weighted by molar-refractivity contribution is -0.130. The van der Waals surface area contributed by atoms with Gasteiger partial charge >= 0.3 is 0 Å². The molecule has 1 N–H and O–H groups in total. The highest BCUT2D eigenvalue weighted by Gasteiger charge is 2.58. The highest BCUT2D eigenvalue weighted by atomic mass is 32.2. The Kier molecular flexibility index (Phi) is 6.41. The molecule has 6 nitrogen and oxygen atoms in total. The van der Waals surface area contributed by atoms with Crippen molar-refractivity contribution in [2.75, 3.05) is 25.4 Å². The number of thioether (sulfide) groups is 1. The molecule has 1 unspecified atom stereocenters. The summed E-state index contributed by atoms with van der Waals surface area (Å²) in [6, 6.07) is 12.5. The number of nitrogens with one attached hydrogen (secondary N) is 1. The fourth-order valence-corrected chi connectivity index (χ4v) is 6.55. The van der Waals surface area contributed by atoms with Crippen LogP contribution in [0.15, 0.2) is 53.9 Å². The Balaban J connectivity index is 1.10. The largest absolute Gasteiger partial charge is 0.355 e. The third-order valence-corrected chi connectivity index (χ3v) is 8.89. The van der Waals surface area contributed by atoms with Crippen molar-refractivity contribution in [2.45, 2.75) is 55.5 Å². The molecule has 174 valence electrons. The standard InChI is InChI=1S/C26H32N4O2S/c31-22(18-33-24-27-13-6-14-28-24)30-15-11-25(12-16-30)17-21(25)23(32)29-19-26(9-4-5-10-26)20-7-2-1-3-8-20/h1-3,6-8,13-14,21H,4-5,9-12,15-19H2,(H,29,32). The number of hydrogen-bond donors (Lipinski definition) is 1. The van der Waals surface area contributed by atoms with Gasteiger partial charge in [-0.05, 0) is 49.1 Å². The molecule has 3 aliphatic rings. The monoisotopic (exact) mass is 464 g/mol. The summed E-state index contributed by atoms with van der Waals surface area (Å²) in [6.07, 6.45) is 11.0. The first kappa shape index (κ1) is 22.4. The third kappa shape index (κ3) is 4.79. The first-order chi connectivity index (χ1) is 16.1. The molecule has 2 heterocycles. The third-order valence-electron chi connectivity index (χ3n) is 8.03. The molecule has 2 aliphatic carbocycles. The number of carbonyl (C=O) groups excluding carboxylic acids is 2. The van der Waals surface area contributed by atoms with E-state index >= 15 is 0 Å². The van der Waals surface area contributed by atoms with Crippen LogP contribution in [0.2, 0.25) is 0 Å². The van der Waals surface area contributed by atoms with Gasteiger partial charge < -0.3 is 10.2 Å². The molecular weight excluding hydrogens is 432 g/mol. The van der Waals surface area contributed by atoms with Gasteiger partial charge in [-0.1, -0.05) is 54.9 Å². The van der Waals surface area contributed by atoms with Crippen LogP contribution in [0.25, 0.3) is 0 Å². The Morgan fingerprint density at radius 1 is 1.00 bits per heavy atom. The van der Waals surface area contributed by atoms with Crippen LogP contribution in [-0.2, 0) is 15.0 Å². The first-order valence-corrected chi connectivity index (χ1v) is 13.1. The summed E-state index contributed by atoms with van der Waals surface area (Å²) in [6.45, 7) is 2.23. The maximum atomic E-state index is 13.1. The van der Waals surface area contributed by atoms with Gasteiger partial charge in [0.1, 0.15) is 0 Å². The normalized spacial score (nSPS) is 22.8. The summed E-state index contributed by atoms with van der Waals surface area (Å²) in [4.78, 5) is 36.0. The minimum Gasteiger partial charge on any atom is -0.355 e. The van der Waals surface area contributed by atoms with E-state index in [9.17, 15) is 9.59 Å². The lowest BCUT2D eigenvalue weighted by atomic mass is 9.78. The van der Waals surface area contributed by atoms with Crippen LogP contribution in [0.3, 0.4) is 0 Å². The predicted octanol–water partition coefficient (Wildman–Crippen LogP) is 3.83. The van der Waals surface area contributed by atoms with Crippen molar-refractivity contribution in [2.24, 2.45) is 11.3 Å². The highest BCUT2D eigenvalue weighted by molar-refractivity contribution is 7.99. The molecule has 7 heteroatoms. The molecule has 2 saturated carbocycles. The number of piperidine rings is 1. The second-order valence-electron chi connectivity index (χ2n) is 9.89. The van der Waals surface area contributed by atoms with E-state index in [0.29, 0.717) is 10.9 Å². The van der Waals surface area contributed by atoms with Crippen LogP contribution in [0.1, 0.15) is 50.5 Å². The number of benzene rings is 1. The molecule has 1 atom stereocenters. The zero-order valence-electron chi connectivity index (χ0n) is 19.0. The van der Waals surface area contributed by atoms with E-state index < -0.39 is 0 Å². The summed E-state index contributed by atoms with van der Waals surface area (Å²) in [5.41, 5.74) is 1.56. The first-order valence-electron chi connectivity index (χ1n) is 12.1. The van der Waals surface area contributed by atoms with Gasteiger partial charge in [0.05, 0.1) is 5.75 Å². The van der Waals surface area contributed by atoms with Crippen LogP contribution in [0.5, 0.6) is 0 Å². The lowest BCUT2D eigenvalue weighted by Gasteiger charge is -2.33. The molecule has 1 spiro atoms. The van der Waals surface area contributed by atoms with Crippen molar-refractivity contribution in [3.63, 3.8) is 0 Å². The Morgan fingerprint density at radius 3 is 2.39 bits per heavy atom. The fourth-order valence-electron chi connectivity index (χ4n) is 5.84. The van der Waals surface area contributed by atoms with E-state index in [1.165, 1.54) is 30.2 Å². The summed E-state index contributed by atoms with van der Waals surface area (Å²) in [7, 11) is 0. The van der Waals surface area contributed by atoms with E-state index in [-0.39, 0.29) is 28.6 Å². The zero-order valence-corrected chi connectivity index (χ0v) is 19.9. The van der Waals surface area contributed by atoms with E-state index in [1.807, 2.05) is 4.90 Å². The molecule has 5 rings (SSSR count). The minimum atomic E-state index is 0.0922. The summed E-state index contributed by atoms with van der Waals surface area (Å²) in [5, 5.41) is 3.97. The maximum absolute atomic E-state index is 13.1. The number of rotatable bonds is 7. The number of nitrogens with zero attached hydrogens (tertiary/aromatic N) is 3. The number of carbonyl (C=O) groups is 2. The van der Waals surface area contributed by atoms with Crippen molar-refractivity contribution < 1.29 is 9.59 Å². The van der Waals surface area contributed by atoms with Gasteiger partial charge in [0.2, 0.25) is 11.8 Å². The summed E-state index contributed by atoms with van der Waals surface area (Å²) < 4.78 is 0. The van der Waals surface area contributed by atoms with E-state index in [1.54, 1.807) is 18.5 Å². The maximum Gasteiger partial charge on any atom is 0.233 e. The molecule has 2 aromatic rings. The van der Waals surface area contributed by atoms with Gasteiger partial charge in [-0.2, -0.15) is 0 Å². The van der Waals surface area contributed by atoms with Crippen molar-refractivity contribution >= 4 is 23.6 Å². The molecule has 2 amide bonds. The van der Waals surface area contributed by atoms with Crippen molar-refractivity contribution in [3.05, 3.63) is 54.4 Å². The van der Waals surface area contributed by atoms with Crippen LogP contribution >= 0.6 is 11.8 Å². The molecule has 1 saturated heterocycles. The van der Waals surface area contributed by atoms with Gasteiger partial charge in [0.25, 0.3) is 0 Å². The van der Waals surface area contributed by atoms with Gasteiger partial charge in [0.15, 0.2) is 5.16 Å². The molecule has 1 aromatic heterocycles. The zero-order chi connectivity index (χ0) is 22.7. The van der Waals surface area contributed by atoms with E-state index in [2.05, 4.69) is 45.6 Å². The smallest absolute Gasteiger partial charge is 0.233 e. The van der Waals surface area contributed by atoms with Crippen LogP contribution in [0, 0.1) is 11.3 Å². The van der Waals surface area contributed by atoms with Crippen molar-refractivity contribution in [1.29, 1.82) is 0 Å². The summed E-state index contributed by atoms with van der Waals surface area (Å²) in [5.74, 6) is 0.822. The topological polar surface area (TPSA) is 75.2 Å². The molecule has 1 aromatic carbocycles. The Labute approximate surface area is 200 Å². The van der Waals surface area contributed by atoms with Gasteiger partial charge in [-0.25, -0.2) is 9.97 Å². The van der Waals surface area contributed by atoms with E-state index in [0.717, 1.165) is 51.7 Å². The van der Waals surface area contributed by atoms with Crippen molar-refractivity contribution in [3.8, 4) is 0 Å².